The number of sulfonamides is 1. The van der Waals surface area contributed by atoms with Crippen molar-refractivity contribution in [2.75, 3.05) is 18.4 Å². The molecule has 1 aliphatic carbocycles. The molecule has 8 heteroatoms. The first-order valence-corrected chi connectivity index (χ1v) is 11.7. The molecule has 0 radical (unpaired) electrons. The highest BCUT2D eigenvalue weighted by Crippen LogP contribution is 2.40. The van der Waals surface area contributed by atoms with Crippen LogP contribution in [0.1, 0.15) is 44.2 Å². The van der Waals surface area contributed by atoms with Crippen LogP contribution in [0.15, 0.2) is 41.4 Å². The number of rotatable bonds is 6. The lowest BCUT2D eigenvalue weighted by Crippen LogP contribution is -2.41. The summed E-state index contributed by atoms with van der Waals surface area (Å²) >= 11 is 0. The molecular formula is C21H28N4O3S. The minimum absolute atomic E-state index is 0.0536. The van der Waals surface area contributed by atoms with Crippen molar-refractivity contribution < 1.29 is 13.2 Å². The van der Waals surface area contributed by atoms with Gasteiger partial charge in [0.05, 0.1) is 17.1 Å². The number of nitrogens with zero attached hydrogens (tertiary/aromatic N) is 3. The highest BCUT2D eigenvalue weighted by Gasteiger charge is 2.34. The number of hydrogen-bond donors (Lipinski definition) is 1. The van der Waals surface area contributed by atoms with E-state index in [0.717, 1.165) is 11.4 Å². The van der Waals surface area contributed by atoms with E-state index in [1.807, 2.05) is 17.7 Å². The van der Waals surface area contributed by atoms with Crippen LogP contribution < -0.4 is 5.32 Å². The van der Waals surface area contributed by atoms with Gasteiger partial charge >= 0.3 is 0 Å². The summed E-state index contributed by atoms with van der Waals surface area (Å²) in [4.78, 5) is 13.1. The molecule has 1 saturated carbocycles. The second kappa shape index (κ2) is 7.91. The van der Waals surface area contributed by atoms with Crippen molar-refractivity contribution in [3.63, 3.8) is 0 Å². The average Bonchev–Trinajstić information content (AvgIpc) is 3.47. The Hall–Kier alpha value is -2.19. The third kappa shape index (κ3) is 4.23. The summed E-state index contributed by atoms with van der Waals surface area (Å²) in [5.74, 6) is 1.12. The monoisotopic (exact) mass is 416 g/mol. The van der Waals surface area contributed by atoms with E-state index in [-0.39, 0.29) is 17.9 Å². The number of nitrogens with one attached hydrogen (secondary N) is 1. The van der Waals surface area contributed by atoms with Gasteiger partial charge in [-0.2, -0.15) is 9.40 Å². The molecule has 1 aromatic heterocycles. The maximum atomic E-state index is 12.8. The number of benzene rings is 1. The summed E-state index contributed by atoms with van der Waals surface area (Å²) < 4.78 is 29.1. The Balaban J connectivity index is 1.36. The summed E-state index contributed by atoms with van der Waals surface area (Å²) in [6.45, 7) is 4.77. The minimum Gasteiger partial charge on any atom is -0.311 e. The summed E-state index contributed by atoms with van der Waals surface area (Å²) in [5, 5.41) is 7.38. The summed E-state index contributed by atoms with van der Waals surface area (Å²) in [5.41, 5.74) is 1.02. The number of amides is 1. The van der Waals surface area contributed by atoms with E-state index >= 15 is 0 Å². The number of piperidine rings is 1. The van der Waals surface area contributed by atoms with Gasteiger partial charge in [-0.3, -0.25) is 4.79 Å². The topological polar surface area (TPSA) is 84.3 Å². The van der Waals surface area contributed by atoms with Crippen molar-refractivity contribution in [2.24, 2.45) is 11.8 Å². The van der Waals surface area contributed by atoms with Crippen molar-refractivity contribution in [1.82, 2.24) is 14.1 Å². The van der Waals surface area contributed by atoms with Crippen LogP contribution in [0.3, 0.4) is 0 Å². The smallest absolute Gasteiger partial charge is 0.243 e. The molecular weight excluding hydrogens is 388 g/mol. The number of aryl methyl sites for hydroxylation is 1. The van der Waals surface area contributed by atoms with Gasteiger partial charge in [0, 0.05) is 25.1 Å². The Morgan fingerprint density at radius 2 is 1.76 bits per heavy atom. The highest BCUT2D eigenvalue weighted by molar-refractivity contribution is 7.89. The predicted octanol–water partition coefficient (Wildman–Crippen LogP) is 3.20. The Morgan fingerprint density at radius 3 is 2.38 bits per heavy atom. The summed E-state index contributed by atoms with van der Waals surface area (Å²) in [6.07, 6.45) is 5.17. The van der Waals surface area contributed by atoms with Gasteiger partial charge < -0.3 is 5.32 Å². The van der Waals surface area contributed by atoms with E-state index in [9.17, 15) is 13.2 Å². The molecule has 1 aromatic carbocycles. The Morgan fingerprint density at radius 1 is 1.10 bits per heavy atom. The first-order chi connectivity index (χ1) is 13.9. The highest BCUT2D eigenvalue weighted by atomic mass is 32.2. The van der Waals surface area contributed by atoms with Crippen LogP contribution in [-0.2, 0) is 14.8 Å². The van der Waals surface area contributed by atoms with Gasteiger partial charge in [-0.1, -0.05) is 17.7 Å². The molecule has 0 bridgehead atoms. The molecule has 1 saturated heterocycles. The van der Waals surface area contributed by atoms with Crippen LogP contribution in [0.2, 0.25) is 0 Å². The van der Waals surface area contributed by atoms with Crippen molar-refractivity contribution in [3.8, 4) is 0 Å². The van der Waals surface area contributed by atoms with Crippen LogP contribution in [0.25, 0.3) is 0 Å². The molecule has 7 nitrogen and oxygen atoms in total. The largest absolute Gasteiger partial charge is 0.311 e. The number of hydrogen-bond acceptors (Lipinski definition) is 4. The first kappa shape index (κ1) is 20.1. The zero-order valence-electron chi connectivity index (χ0n) is 16.9. The van der Waals surface area contributed by atoms with Gasteiger partial charge in [-0.15, -0.1) is 0 Å². The van der Waals surface area contributed by atoms with Crippen LogP contribution >= 0.6 is 0 Å². The third-order valence-electron chi connectivity index (χ3n) is 6.10. The second-order valence-corrected chi connectivity index (χ2v) is 10.2. The molecule has 1 unspecified atom stereocenters. The quantitative estimate of drug-likeness (QED) is 0.784. The number of anilines is 1. The van der Waals surface area contributed by atoms with E-state index in [0.29, 0.717) is 36.7 Å². The van der Waals surface area contributed by atoms with E-state index in [1.54, 1.807) is 30.5 Å². The van der Waals surface area contributed by atoms with Crippen LogP contribution in [0.4, 0.5) is 5.82 Å². The Kier molecular flexibility index (Phi) is 5.48. The zero-order valence-corrected chi connectivity index (χ0v) is 17.7. The molecule has 1 N–H and O–H groups in total. The van der Waals surface area contributed by atoms with Crippen molar-refractivity contribution in [1.29, 1.82) is 0 Å². The maximum absolute atomic E-state index is 12.8. The Labute approximate surface area is 172 Å². The molecule has 2 aromatic rings. The fraction of sp³-hybridized carbons (Fsp3) is 0.524. The van der Waals surface area contributed by atoms with Crippen LogP contribution in [-0.4, -0.2) is 41.5 Å². The van der Waals surface area contributed by atoms with Gasteiger partial charge in [0.25, 0.3) is 0 Å². The number of aromatic nitrogens is 2. The van der Waals surface area contributed by atoms with E-state index in [1.165, 1.54) is 17.1 Å². The SMILES string of the molecule is Cc1ccc(S(=O)(=O)N2CCC(C(=O)Nc3ccnn3C(C)C3CC3)CC2)cc1. The standard InChI is InChI=1S/C21H28N4O3S/c1-15-3-7-19(8-4-15)29(27,28)24-13-10-18(11-14-24)21(26)23-20-9-12-22-25(20)16(2)17-5-6-17/h3-4,7-9,12,16-18H,5-6,10-11,13-14H2,1-2H3,(H,23,26). The normalized spacial score (nSPS) is 19.8. The van der Waals surface area contributed by atoms with Gasteiger partial charge in [0.15, 0.2) is 0 Å². The van der Waals surface area contributed by atoms with Gasteiger partial charge in [-0.25, -0.2) is 13.1 Å². The molecule has 29 heavy (non-hydrogen) atoms. The maximum Gasteiger partial charge on any atom is 0.243 e. The molecule has 4 rings (SSSR count). The van der Waals surface area contributed by atoms with Crippen LogP contribution in [0, 0.1) is 18.8 Å². The molecule has 1 aliphatic heterocycles. The van der Waals surface area contributed by atoms with E-state index in [4.69, 9.17) is 0 Å². The Bertz CT molecular complexity index is 972. The van der Waals surface area contributed by atoms with Crippen molar-refractivity contribution in [3.05, 3.63) is 42.1 Å². The first-order valence-electron chi connectivity index (χ1n) is 10.3. The fourth-order valence-electron chi connectivity index (χ4n) is 3.96. The van der Waals surface area contributed by atoms with Crippen molar-refractivity contribution in [2.45, 2.75) is 50.5 Å². The van der Waals surface area contributed by atoms with Gasteiger partial charge in [0.2, 0.25) is 15.9 Å². The number of carbonyl (C=O) groups is 1. The van der Waals surface area contributed by atoms with Gasteiger partial charge in [0.1, 0.15) is 5.82 Å². The number of carbonyl (C=O) groups excluding carboxylic acids is 1. The van der Waals surface area contributed by atoms with Crippen molar-refractivity contribution >= 4 is 21.7 Å². The molecule has 156 valence electrons. The molecule has 2 aliphatic rings. The van der Waals surface area contributed by atoms with Crippen LogP contribution in [0.5, 0.6) is 0 Å². The lowest BCUT2D eigenvalue weighted by molar-refractivity contribution is -0.121. The minimum atomic E-state index is -3.51. The predicted molar refractivity (Wildman–Crippen MR) is 111 cm³/mol. The molecule has 2 fully saturated rings. The second-order valence-electron chi connectivity index (χ2n) is 8.22. The zero-order chi connectivity index (χ0) is 20.6. The average molecular weight is 417 g/mol. The summed E-state index contributed by atoms with van der Waals surface area (Å²) in [6, 6.07) is 9.00. The third-order valence-corrected chi connectivity index (χ3v) is 8.01. The molecule has 0 spiro atoms. The lowest BCUT2D eigenvalue weighted by Gasteiger charge is -2.30. The molecule has 1 atom stereocenters. The van der Waals surface area contributed by atoms with E-state index in [2.05, 4.69) is 17.3 Å². The van der Waals surface area contributed by atoms with Gasteiger partial charge in [-0.05, 0) is 57.6 Å². The fourth-order valence-corrected chi connectivity index (χ4v) is 5.43. The lowest BCUT2D eigenvalue weighted by atomic mass is 9.97. The molecule has 1 amide bonds. The summed E-state index contributed by atoms with van der Waals surface area (Å²) in [7, 11) is -3.51. The van der Waals surface area contributed by atoms with E-state index < -0.39 is 10.0 Å². The molecule has 2 heterocycles.